The summed E-state index contributed by atoms with van der Waals surface area (Å²) < 4.78 is 2.65. The van der Waals surface area contributed by atoms with Crippen molar-refractivity contribution >= 4 is 49.6 Å². The van der Waals surface area contributed by atoms with Crippen molar-refractivity contribution in [3.05, 3.63) is 212 Å². The molecular formula is C58H46N2. The summed E-state index contributed by atoms with van der Waals surface area (Å²) in [4.78, 5) is 2.32. The molecule has 1 aromatic heterocycles. The monoisotopic (exact) mass is 770 g/mol. The van der Waals surface area contributed by atoms with Crippen LogP contribution >= 0.6 is 0 Å². The number of aromatic nitrogens is 1. The maximum Gasteiger partial charge on any atom is 0.0494 e. The Morgan fingerprint density at radius 2 is 0.750 bits per heavy atom. The van der Waals surface area contributed by atoms with Crippen LogP contribution in [0.5, 0.6) is 0 Å². The van der Waals surface area contributed by atoms with Crippen LogP contribution in [0, 0.1) is 0 Å². The van der Waals surface area contributed by atoms with Gasteiger partial charge in [-0.2, -0.15) is 0 Å². The predicted molar refractivity (Wildman–Crippen MR) is 255 cm³/mol. The van der Waals surface area contributed by atoms with Crippen molar-refractivity contribution in [3.8, 4) is 44.5 Å². The molecule has 1 heterocycles. The van der Waals surface area contributed by atoms with E-state index in [0.717, 1.165) is 17.1 Å². The van der Waals surface area contributed by atoms with E-state index in [0.29, 0.717) is 6.04 Å². The van der Waals surface area contributed by atoms with E-state index in [1.807, 2.05) is 0 Å². The van der Waals surface area contributed by atoms with Gasteiger partial charge in [-0.3, -0.25) is 0 Å². The average molecular weight is 771 g/mol. The first kappa shape index (κ1) is 36.0. The van der Waals surface area contributed by atoms with Gasteiger partial charge in [0, 0.05) is 44.9 Å². The molecule has 0 radical (unpaired) electrons. The number of nitrogens with zero attached hydrogens (tertiary/aromatic N) is 2. The Morgan fingerprint density at radius 1 is 0.317 bits per heavy atom. The van der Waals surface area contributed by atoms with Crippen molar-refractivity contribution in [2.75, 3.05) is 4.90 Å². The molecule has 2 nitrogen and oxygen atoms in total. The summed E-state index contributed by atoms with van der Waals surface area (Å²) in [5, 5.41) is 5.27. The molecule has 9 aromatic carbocycles. The third-order valence-corrected chi connectivity index (χ3v) is 12.8. The second kappa shape index (κ2) is 15.5. The Balaban J connectivity index is 0.894. The van der Waals surface area contributed by atoms with Crippen LogP contribution in [0.4, 0.5) is 17.1 Å². The number of rotatable bonds is 8. The molecule has 0 atom stereocenters. The van der Waals surface area contributed by atoms with Crippen LogP contribution in [-0.2, 0) is 0 Å². The van der Waals surface area contributed by atoms with Gasteiger partial charge in [-0.1, -0.05) is 177 Å². The SMILES string of the molecule is c1ccc(-c2ccc(N(c3ccccc3)c3ccc(-c4ccc(-c5ccc(-c6ccc7c(c6)c6ccccc6n7C6CCCCC6)c6ccccc56)cc4)cc3)cc2)cc1. The first-order valence-corrected chi connectivity index (χ1v) is 21.5. The van der Waals surface area contributed by atoms with Crippen molar-refractivity contribution in [2.45, 2.75) is 38.1 Å². The van der Waals surface area contributed by atoms with Gasteiger partial charge < -0.3 is 9.47 Å². The molecule has 1 aliphatic carbocycles. The van der Waals surface area contributed by atoms with Crippen LogP contribution in [0.3, 0.4) is 0 Å². The van der Waals surface area contributed by atoms with Crippen LogP contribution in [0.2, 0.25) is 0 Å². The molecule has 11 rings (SSSR count). The maximum absolute atomic E-state index is 2.65. The smallest absolute Gasteiger partial charge is 0.0494 e. The molecule has 288 valence electrons. The number of fused-ring (bicyclic) bond motifs is 4. The Bertz CT molecular complexity index is 3080. The highest BCUT2D eigenvalue weighted by molar-refractivity contribution is 6.11. The molecule has 10 aromatic rings. The second-order valence-electron chi connectivity index (χ2n) is 16.3. The lowest BCUT2D eigenvalue weighted by Gasteiger charge is -2.26. The molecule has 60 heavy (non-hydrogen) atoms. The lowest BCUT2D eigenvalue weighted by molar-refractivity contribution is 0.367. The standard InChI is InChI=1S/C58H46N2/c1-4-14-41(15-5-1)43-28-33-49(34-29-43)59(47-16-6-2-7-17-47)50-35-30-44(31-36-50)42-24-26-45(27-25-42)51-37-38-52(54-21-11-10-20-53(51)54)46-32-39-58-56(40-46)55-22-12-13-23-57(55)60(58)48-18-8-3-9-19-48/h1-2,4-7,10-17,20-40,48H,3,8-9,18-19H2. The molecule has 0 saturated heterocycles. The highest BCUT2D eigenvalue weighted by Crippen LogP contribution is 2.42. The average Bonchev–Trinajstić information content (AvgIpc) is 3.66. The van der Waals surface area contributed by atoms with E-state index in [9.17, 15) is 0 Å². The summed E-state index contributed by atoms with van der Waals surface area (Å²) in [5.74, 6) is 0. The zero-order chi connectivity index (χ0) is 39.8. The second-order valence-corrected chi connectivity index (χ2v) is 16.3. The molecule has 1 aliphatic rings. The van der Waals surface area contributed by atoms with Gasteiger partial charge in [0.15, 0.2) is 0 Å². The van der Waals surface area contributed by atoms with E-state index < -0.39 is 0 Å². The van der Waals surface area contributed by atoms with Crippen molar-refractivity contribution in [2.24, 2.45) is 0 Å². The first-order chi connectivity index (χ1) is 29.8. The van der Waals surface area contributed by atoms with E-state index in [4.69, 9.17) is 0 Å². The summed E-state index contributed by atoms with van der Waals surface area (Å²) in [5.41, 5.74) is 16.0. The van der Waals surface area contributed by atoms with Crippen LogP contribution in [0.25, 0.3) is 77.1 Å². The largest absolute Gasteiger partial charge is 0.337 e. The third kappa shape index (κ3) is 6.55. The van der Waals surface area contributed by atoms with Gasteiger partial charge in [-0.15, -0.1) is 0 Å². The van der Waals surface area contributed by atoms with Gasteiger partial charge in [-0.05, 0) is 123 Å². The summed E-state index contributed by atoms with van der Waals surface area (Å²) in [6.07, 6.45) is 6.55. The minimum atomic E-state index is 0.581. The van der Waals surface area contributed by atoms with Crippen LogP contribution in [0.1, 0.15) is 38.1 Å². The Hall–Kier alpha value is -7.16. The molecule has 0 N–H and O–H groups in total. The quantitative estimate of drug-likeness (QED) is 0.149. The molecular weight excluding hydrogens is 725 g/mol. The van der Waals surface area contributed by atoms with Crippen LogP contribution in [-0.4, -0.2) is 4.57 Å². The van der Waals surface area contributed by atoms with Gasteiger partial charge in [0.2, 0.25) is 0 Å². The molecule has 0 aliphatic heterocycles. The summed E-state index contributed by atoms with van der Waals surface area (Å²) in [6.45, 7) is 0. The molecule has 0 unspecified atom stereocenters. The highest BCUT2D eigenvalue weighted by Gasteiger charge is 2.21. The normalized spacial score (nSPS) is 13.3. The number of hydrogen-bond donors (Lipinski definition) is 0. The van der Waals surface area contributed by atoms with E-state index in [2.05, 4.69) is 222 Å². The van der Waals surface area contributed by atoms with Crippen molar-refractivity contribution in [1.82, 2.24) is 4.57 Å². The minimum Gasteiger partial charge on any atom is -0.337 e. The van der Waals surface area contributed by atoms with Gasteiger partial charge in [0.25, 0.3) is 0 Å². The lowest BCUT2D eigenvalue weighted by Crippen LogP contribution is -2.12. The fourth-order valence-corrected chi connectivity index (χ4v) is 9.81. The topological polar surface area (TPSA) is 8.17 Å². The Labute approximate surface area is 352 Å². The number of para-hydroxylation sites is 2. The van der Waals surface area contributed by atoms with Crippen molar-refractivity contribution in [1.29, 1.82) is 0 Å². The fraction of sp³-hybridized carbons (Fsp3) is 0.103. The maximum atomic E-state index is 2.65. The zero-order valence-corrected chi connectivity index (χ0v) is 33.7. The van der Waals surface area contributed by atoms with E-state index in [1.54, 1.807) is 0 Å². The zero-order valence-electron chi connectivity index (χ0n) is 33.7. The number of anilines is 3. The van der Waals surface area contributed by atoms with Crippen molar-refractivity contribution < 1.29 is 0 Å². The molecule has 0 spiro atoms. The Kier molecular flexibility index (Phi) is 9.32. The molecule has 0 amide bonds. The van der Waals surface area contributed by atoms with Gasteiger partial charge >= 0.3 is 0 Å². The van der Waals surface area contributed by atoms with Gasteiger partial charge in [-0.25, -0.2) is 0 Å². The predicted octanol–water partition coefficient (Wildman–Crippen LogP) is 16.6. The van der Waals surface area contributed by atoms with E-state index >= 15 is 0 Å². The number of benzene rings is 9. The number of hydrogen-bond acceptors (Lipinski definition) is 1. The lowest BCUT2D eigenvalue weighted by atomic mass is 9.91. The van der Waals surface area contributed by atoms with Gasteiger partial charge in [0.1, 0.15) is 0 Å². The molecule has 1 saturated carbocycles. The minimum absolute atomic E-state index is 0.581. The summed E-state index contributed by atoms with van der Waals surface area (Å²) >= 11 is 0. The first-order valence-electron chi connectivity index (χ1n) is 21.5. The van der Waals surface area contributed by atoms with E-state index in [1.165, 1.54) is 109 Å². The van der Waals surface area contributed by atoms with Crippen LogP contribution in [0.15, 0.2) is 212 Å². The molecule has 2 heteroatoms. The molecule has 1 fully saturated rings. The van der Waals surface area contributed by atoms with Crippen molar-refractivity contribution in [3.63, 3.8) is 0 Å². The highest BCUT2D eigenvalue weighted by atomic mass is 15.1. The fourth-order valence-electron chi connectivity index (χ4n) is 9.81. The van der Waals surface area contributed by atoms with E-state index in [-0.39, 0.29) is 0 Å². The Morgan fingerprint density at radius 3 is 1.37 bits per heavy atom. The third-order valence-electron chi connectivity index (χ3n) is 12.8. The summed E-state index contributed by atoms with van der Waals surface area (Å²) in [6, 6.07) is 78.4. The van der Waals surface area contributed by atoms with Gasteiger partial charge in [0.05, 0.1) is 0 Å². The summed E-state index contributed by atoms with van der Waals surface area (Å²) in [7, 11) is 0. The van der Waals surface area contributed by atoms with Crippen LogP contribution < -0.4 is 4.90 Å². The molecule has 0 bridgehead atoms.